The molecule has 1 amide bonds. The molecule has 1 fully saturated rings. The molecule has 1 aliphatic rings. The first-order valence-corrected chi connectivity index (χ1v) is 11.9. The van der Waals surface area contributed by atoms with Gasteiger partial charge >= 0.3 is 0 Å². The van der Waals surface area contributed by atoms with Gasteiger partial charge in [0.25, 0.3) is 0 Å². The minimum Gasteiger partial charge on any atom is -0.494 e. The number of carbonyl (C=O) groups is 2. The molecule has 1 saturated heterocycles. The van der Waals surface area contributed by atoms with E-state index in [1.54, 1.807) is 0 Å². The topological polar surface area (TPSA) is 46.6 Å². The van der Waals surface area contributed by atoms with Crippen LogP contribution in [0.2, 0.25) is 0 Å². The summed E-state index contributed by atoms with van der Waals surface area (Å²) in [7, 11) is 0. The Balaban J connectivity index is 1.52. The molecular formula is C29H30FNO3. The molecule has 34 heavy (non-hydrogen) atoms. The number of carbonyl (C=O) groups excluding carboxylic acids is 2. The van der Waals surface area contributed by atoms with Gasteiger partial charge in [-0.25, -0.2) is 4.39 Å². The summed E-state index contributed by atoms with van der Waals surface area (Å²) in [6.07, 6.45) is 2.76. The Bertz CT molecular complexity index is 1120. The van der Waals surface area contributed by atoms with Gasteiger partial charge < -0.3 is 9.64 Å². The van der Waals surface area contributed by atoms with E-state index in [1.807, 2.05) is 60.4 Å². The number of unbranched alkanes of at least 4 members (excludes halogenated alkanes) is 1. The Hall–Kier alpha value is -3.47. The predicted molar refractivity (Wildman–Crippen MR) is 132 cm³/mol. The number of amides is 1. The van der Waals surface area contributed by atoms with Crippen LogP contribution in [0.1, 0.15) is 60.1 Å². The smallest absolute Gasteiger partial charge is 0.233 e. The third-order valence-corrected chi connectivity index (χ3v) is 6.36. The van der Waals surface area contributed by atoms with E-state index in [0.29, 0.717) is 18.6 Å². The Kier molecular flexibility index (Phi) is 7.41. The average molecular weight is 460 g/mol. The van der Waals surface area contributed by atoms with Crippen LogP contribution in [0, 0.1) is 18.7 Å². The lowest BCUT2D eigenvalue weighted by molar-refractivity contribution is -0.130. The van der Waals surface area contributed by atoms with Crippen molar-refractivity contribution in [3.05, 3.63) is 95.3 Å². The van der Waals surface area contributed by atoms with Gasteiger partial charge in [-0.3, -0.25) is 9.59 Å². The Morgan fingerprint density at radius 3 is 2.29 bits per heavy atom. The molecule has 1 aliphatic heterocycles. The van der Waals surface area contributed by atoms with Crippen molar-refractivity contribution in [2.45, 2.75) is 45.6 Å². The lowest BCUT2D eigenvalue weighted by atomic mass is 9.78. The molecule has 3 aromatic carbocycles. The quantitative estimate of drug-likeness (QED) is 0.193. The van der Waals surface area contributed by atoms with Crippen molar-refractivity contribution in [2.24, 2.45) is 5.92 Å². The number of ether oxygens (including phenoxy) is 1. The summed E-state index contributed by atoms with van der Waals surface area (Å²) in [6, 6.07) is 21.2. The Morgan fingerprint density at radius 2 is 1.65 bits per heavy atom. The van der Waals surface area contributed by atoms with E-state index in [-0.39, 0.29) is 35.9 Å². The lowest BCUT2D eigenvalue weighted by Crippen LogP contribution is -2.55. The standard InChI is InChI=1S/C29H30FNO3/c1-3-4-19-34-25-15-9-22(10-16-25)28-26(17-18-27(32)21-7-11-23(30)12-8-21)29(33)31(28)24-13-5-20(2)6-14-24/h5-16,26,28H,3-4,17-19H2,1-2H3/t26-,28-/m1/s1. The van der Waals surface area contributed by atoms with Crippen molar-refractivity contribution in [3.8, 4) is 5.75 Å². The van der Waals surface area contributed by atoms with Gasteiger partial charge in [0.05, 0.1) is 18.6 Å². The molecule has 0 radical (unpaired) electrons. The van der Waals surface area contributed by atoms with Gasteiger partial charge in [0.1, 0.15) is 11.6 Å². The molecule has 5 heteroatoms. The van der Waals surface area contributed by atoms with Crippen molar-refractivity contribution in [3.63, 3.8) is 0 Å². The maximum atomic E-state index is 13.2. The number of hydrogen-bond acceptors (Lipinski definition) is 3. The molecule has 0 spiro atoms. The highest BCUT2D eigenvalue weighted by atomic mass is 19.1. The zero-order valence-electron chi connectivity index (χ0n) is 19.7. The van der Waals surface area contributed by atoms with E-state index in [9.17, 15) is 14.0 Å². The number of rotatable bonds is 10. The van der Waals surface area contributed by atoms with Crippen LogP contribution in [0.5, 0.6) is 5.75 Å². The molecule has 3 aromatic rings. The van der Waals surface area contributed by atoms with E-state index in [1.165, 1.54) is 24.3 Å². The number of anilines is 1. The molecule has 4 rings (SSSR count). The predicted octanol–water partition coefficient (Wildman–Crippen LogP) is 6.68. The highest BCUT2D eigenvalue weighted by Gasteiger charge is 2.48. The van der Waals surface area contributed by atoms with E-state index >= 15 is 0 Å². The fourth-order valence-corrected chi connectivity index (χ4v) is 4.37. The fourth-order valence-electron chi connectivity index (χ4n) is 4.37. The first-order chi connectivity index (χ1) is 16.5. The second kappa shape index (κ2) is 10.6. The number of aryl methyl sites for hydroxylation is 1. The average Bonchev–Trinajstić information content (AvgIpc) is 2.85. The van der Waals surface area contributed by atoms with E-state index < -0.39 is 0 Å². The van der Waals surface area contributed by atoms with E-state index in [2.05, 4.69) is 6.92 Å². The number of hydrogen-bond donors (Lipinski definition) is 0. The summed E-state index contributed by atoms with van der Waals surface area (Å²) in [5.74, 6) is 0.0796. The van der Waals surface area contributed by atoms with Crippen LogP contribution in [0.25, 0.3) is 0 Å². The van der Waals surface area contributed by atoms with Crippen LogP contribution in [-0.2, 0) is 4.79 Å². The molecule has 0 unspecified atom stereocenters. The van der Waals surface area contributed by atoms with Gasteiger partial charge in [-0.05, 0) is 73.9 Å². The molecular weight excluding hydrogens is 429 g/mol. The first-order valence-electron chi connectivity index (χ1n) is 11.9. The van der Waals surface area contributed by atoms with Gasteiger partial charge in [-0.2, -0.15) is 0 Å². The minimum atomic E-state index is -0.373. The highest BCUT2D eigenvalue weighted by Crippen LogP contribution is 2.46. The van der Waals surface area contributed by atoms with Crippen molar-refractivity contribution in [1.29, 1.82) is 0 Å². The molecule has 0 aliphatic carbocycles. The molecule has 2 atom stereocenters. The van der Waals surface area contributed by atoms with Gasteiger partial charge in [0.2, 0.25) is 5.91 Å². The van der Waals surface area contributed by atoms with Gasteiger partial charge in [-0.1, -0.05) is 43.2 Å². The molecule has 0 saturated carbocycles. The molecule has 176 valence electrons. The number of nitrogens with zero attached hydrogens (tertiary/aromatic N) is 1. The lowest BCUT2D eigenvalue weighted by Gasteiger charge is -2.47. The monoisotopic (exact) mass is 459 g/mol. The number of ketones is 1. The zero-order valence-corrected chi connectivity index (χ0v) is 19.7. The van der Waals surface area contributed by atoms with Crippen molar-refractivity contribution in [1.82, 2.24) is 0 Å². The maximum absolute atomic E-state index is 13.2. The molecule has 0 bridgehead atoms. The third-order valence-electron chi connectivity index (χ3n) is 6.36. The van der Waals surface area contributed by atoms with E-state index in [4.69, 9.17) is 4.74 Å². The summed E-state index contributed by atoms with van der Waals surface area (Å²) in [6.45, 7) is 4.82. The maximum Gasteiger partial charge on any atom is 0.233 e. The summed E-state index contributed by atoms with van der Waals surface area (Å²) in [4.78, 5) is 27.7. The van der Waals surface area contributed by atoms with Gasteiger partial charge in [0.15, 0.2) is 5.78 Å². The third kappa shape index (κ3) is 5.19. The van der Waals surface area contributed by atoms with Gasteiger partial charge in [0, 0.05) is 17.7 Å². The number of Topliss-reactive ketones (excluding diaryl/α,β-unsaturated/α-hetero) is 1. The minimum absolute atomic E-state index is 0.0176. The highest BCUT2D eigenvalue weighted by molar-refractivity contribution is 6.04. The van der Waals surface area contributed by atoms with Crippen LogP contribution < -0.4 is 9.64 Å². The molecule has 4 nitrogen and oxygen atoms in total. The number of β-lactam (4-membered cyclic amide) rings is 1. The Labute approximate surface area is 200 Å². The molecule has 1 heterocycles. The first kappa shape index (κ1) is 23.7. The number of halogens is 1. The summed E-state index contributed by atoms with van der Waals surface area (Å²) >= 11 is 0. The fraction of sp³-hybridized carbons (Fsp3) is 0.310. The van der Waals surface area contributed by atoms with Crippen LogP contribution in [0.4, 0.5) is 10.1 Å². The van der Waals surface area contributed by atoms with Crippen LogP contribution in [-0.4, -0.2) is 18.3 Å². The van der Waals surface area contributed by atoms with Crippen LogP contribution >= 0.6 is 0 Å². The van der Waals surface area contributed by atoms with E-state index in [0.717, 1.165) is 35.4 Å². The van der Waals surface area contributed by atoms with Crippen LogP contribution in [0.15, 0.2) is 72.8 Å². The summed E-state index contributed by atoms with van der Waals surface area (Å²) in [5.41, 5.74) is 3.46. The van der Waals surface area contributed by atoms with Crippen LogP contribution in [0.3, 0.4) is 0 Å². The SMILES string of the molecule is CCCCOc1ccc([C@@H]2[C@@H](CCC(=O)c3ccc(F)cc3)C(=O)N2c2ccc(C)cc2)cc1. The zero-order chi connectivity index (χ0) is 24.1. The van der Waals surface area contributed by atoms with Gasteiger partial charge in [-0.15, -0.1) is 0 Å². The van der Waals surface area contributed by atoms with Crippen molar-refractivity contribution >= 4 is 17.4 Å². The summed E-state index contributed by atoms with van der Waals surface area (Å²) < 4.78 is 19.0. The molecule has 0 N–H and O–H groups in total. The summed E-state index contributed by atoms with van der Waals surface area (Å²) in [5, 5.41) is 0. The second-order valence-electron chi connectivity index (χ2n) is 8.83. The number of benzene rings is 3. The normalized spacial score (nSPS) is 17.4. The van der Waals surface area contributed by atoms with Crippen molar-refractivity contribution in [2.75, 3.05) is 11.5 Å². The largest absolute Gasteiger partial charge is 0.494 e. The second-order valence-corrected chi connectivity index (χ2v) is 8.83. The molecule has 0 aromatic heterocycles. The Morgan fingerprint density at radius 1 is 0.971 bits per heavy atom. The van der Waals surface area contributed by atoms with Crippen molar-refractivity contribution < 1.29 is 18.7 Å².